The number of fused-ring (bicyclic) bond motifs is 2. The molecule has 190 valence electrons. The van der Waals surface area contributed by atoms with Crippen LogP contribution in [-0.4, -0.2) is 55.7 Å². The molecule has 0 N–H and O–H groups in total. The maximum Gasteiger partial charge on any atom is 0.522 e. The van der Waals surface area contributed by atoms with E-state index in [1.165, 1.54) is 32.5 Å². The second-order valence-electron chi connectivity index (χ2n) is 9.87. The third kappa shape index (κ3) is 18.7. The quantitative estimate of drug-likeness (QED) is 0.280. The molecular formula is C18H43F3O5S2Si3. The van der Waals surface area contributed by atoms with Crippen molar-refractivity contribution >= 4 is 43.5 Å². The smallest absolute Gasteiger partial charge is 0.350 e. The minimum absolute atomic E-state index is 0.161. The number of hydrogen-bond acceptors (Lipinski definition) is 6. The third-order valence-corrected chi connectivity index (χ3v) is 22.4. The Kier molecular flexibility index (Phi) is 14.7. The van der Waals surface area contributed by atoms with E-state index in [0.29, 0.717) is 6.10 Å². The van der Waals surface area contributed by atoms with Crippen LogP contribution in [0.3, 0.4) is 0 Å². The summed E-state index contributed by atoms with van der Waals surface area (Å²) < 4.78 is 70.3. The Hall–Kier alpha value is 0.621. The van der Waals surface area contributed by atoms with Gasteiger partial charge in [-0.3, -0.25) is 0 Å². The van der Waals surface area contributed by atoms with Crippen molar-refractivity contribution in [1.29, 1.82) is 0 Å². The zero-order chi connectivity index (χ0) is 25.3. The van der Waals surface area contributed by atoms with Crippen LogP contribution in [0, 0.1) is 0 Å². The number of halogens is 3. The fraction of sp³-hybridized carbons (Fsp3) is 1.00. The highest BCUT2D eigenvalue weighted by molar-refractivity contribution is 8.49. The van der Waals surface area contributed by atoms with Crippen LogP contribution in [0.25, 0.3) is 0 Å². The van der Waals surface area contributed by atoms with Crippen LogP contribution in [0.1, 0.15) is 33.1 Å². The Balaban J connectivity index is 0. The average Bonchev–Trinajstić information content (AvgIpc) is 2.81. The summed E-state index contributed by atoms with van der Waals surface area (Å²) in [6, 6.07) is 0. The van der Waals surface area contributed by atoms with E-state index < -0.39 is 38.4 Å². The van der Waals surface area contributed by atoms with E-state index in [4.69, 9.17) is 9.47 Å². The molecule has 0 amide bonds. The largest absolute Gasteiger partial charge is 0.522 e. The van der Waals surface area contributed by atoms with E-state index in [0.717, 1.165) is 13.0 Å². The van der Waals surface area contributed by atoms with E-state index >= 15 is 0 Å². The number of ether oxygens (including phenoxy) is 2. The van der Waals surface area contributed by atoms with Crippen molar-refractivity contribution in [2.45, 2.75) is 110 Å². The highest BCUT2D eigenvalue weighted by atomic mass is 32.5. The summed E-state index contributed by atoms with van der Waals surface area (Å²) in [7, 11) is -7.44. The lowest BCUT2D eigenvalue weighted by molar-refractivity contribution is -0.0815. The van der Waals surface area contributed by atoms with Crippen molar-refractivity contribution in [2.75, 3.05) is 6.61 Å². The van der Waals surface area contributed by atoms with E-state index in [2.05, 4.69) is 53.8 Å². The maximum atomic E-state index is 11.7. The van der Waals surface area contributed by atoms with Crippen LogP contribution in [-0.2, 0) is 23.5 Å². The van der Waals surface area contributed by atoms with Crippen LogP contribution in [0.4, 0.5) is 13.2 Å². The fourth-order valence-electron chi connectivity index (χ4n) is 2.62. The monoisotopic (exact) mass is 544 g/mol. The molecule has 13 heteroatoms. The second kappa shape index (κ2) is 13.5. The highest BCUT2D eigenvalue weighted by Gasteiger charge is 2.49. The zero-order valence-corrected chi connectivity index (χ0v) is 25.6. The minimum atomic E-state index is -5.39. The van der Waals surface area contributed by atoms with Crippen LogP contribution in [0.15, 0.2) is 0 Å². The van der Waals surface area contributed by atoms with Crippen molar-refractivity contribution in [3.05, 3.63) is 0 Å². The van der Waals surface area contributed by atoms with Gasteiger partial charge in [-0.05, 0) is 38.9 Å². The van der Waals surface area contributed by atoms with Gasteiger partial charge in [0.15, 0.2) is 6.29 Å². The van der Waals surface area contributed by atoms with Crippen molar-refractivity contribution in [2.24, 2.45) is 0 Å². The molecule has 2 saturated heterocycles. The summed E-state index contributed by atoms with van der Waals surface area (Å²) in [6.45, 7) is 23.5. The molecule has 0 aromatic heterocycles. The molecule has 0 radical (unpaired) electrons. The van der Waals surface area contributed by atoms with Gasteiger partial charge in [-0.25, -0.2) is 10.7 Å². The average molecular weight is 545 g/mol. The summed E-state index contributed by atoms with van der Waals surface area (Å²) in [4.78, 5) is 0. The van der Waals surface area contributed by atoms with Crippen molar-refractivity contribution in [1.82, 2.24) is 0 Å². The van der Waals surface area contributed by atoms with Gasteiger partial charge in [0.05, 0.1) is 12.7 Å². The standard InChI is InChI=1S/C6H10O2.C6H18SSi2.C4H9F3O3SSi.C2H6/c1-2-5-4-7-6(3-1)8-5;1-8(2,3)7-9(4,5)6;1-12(2,3)10-11(8,9)4(5,6)7;1-2/h5-6H,1-4H2;1-6H3;1-3H3;1-2H3/t5?,6-;;;/m1.../s1. The number of hydrogen-bond donors (Lipinski definition) is 0. The Labute approximate surface area is 194 Å². The summed E-state index contributed by atoms with van der Waals surface area (Å²) in [6.07, 6.45) is 4.20. The second-order valence-corrected chi connectivity index (χ2v) is 34.6. The first kappa shape index (κ1) is 33.8. The summed E-state index contributed by atoms with van der Waals surface area (Å²) in [5, 5.41) is 0. The van der Waals surface area contributed by atoms with Crippen LogP contribution in [0.2, 0.25) is 58.9 Å². The molecule has 2 heterocycles. The molecule has 0 spiro atoms. The molecule has 0 saturated carbocycles. The highest BCUT2D eigenvalue weighted by Crippen LogP contribution is 2.30. The Morgan fingerprint density at radius 1 is 0.903 bits per heavy atom. The molecule has 5 nitrogen and oxygen atoms in total. The lowest BCUT2D eigenvalue weighted by Crippen LogP contribution is -2.36. The zero-order valence-electron chi connectivity index (χ0n) is 21.0. The molecule has 0 aliphatic carbocycles. The first-order valence-electron chi connectivity index (χ1n) is 10.6. The predicted molar refractivity (Wildman–Crippen MR) is 134 cm³/mol. The number of alkyl halides is 3. The summed E-state index contributed by atoms with van der Waals surface area (Å²) in [5.74, 6) is 0. The molecule has 31 heavy (non-hydrogen) atoms. The van der Waals surface area contributed by atoms with E-state index in [9.17, 15) is 21.6 Å². The molecule has 0 aromatic rings. The maximum absolute atomic E-state index is 11.7. The molecule has 2 fully saturated rings. The molecular weight excluding hydrogens is 502 g/mol. The minimum Gasteiger partial charge on any atom is -0.350 e. The lowest BCUT2D eigenvalue weighted by atomic mass is 10.1. The van der Waals surface area contributed by atoms with Crippen LogP contribution in [0.5, 0.6) is 0 Å². The van der Waals surface area contributed by atoms with Crippen molar-refractivity contribution in [3.63, 3.8) is 0 Å². The topological polar surface area (TPSA) is 61.8 Å². The van der Waals surface area contributed by atoms with Crippen molar-refractivity contribution in [3.8, 4) is 0 Å². The van der Waals surface area contributed by atoms with Gasteiger partial charge in [0.2, 0.25) is 8.32 Å². The summed E-state index contributed by atoms with van der Waals surface area (Å²) in [5.41, 5.74) is -5.31. The van der Waals surface area contributed by atoms with Gasteiger partial charge in [0.25, 0.3) is 0 Å². The predicted octanol–water partition coefficient (Wildman–Crippen LogP) is 7.01. The molecule has 2 bridgehead atoms. The van der Waals surface area contributed by atoms with Gasteiger partial charge < -0.3 is 13.3 Å². The molecule has 2 aliphatic heterocycles. The molecule has 2 atom stereocenters. The Morgan fingerprint density at radius 3 is 1.58 bits per heavy atom. The molecule has 2 aliphatic rings. The van der Waals surface area contributed by atoms with E-state index in [1.807, 2.05) is 13.8 Å². The van der Waals surface area contributed by atoms with Gasteiger partial charge >= 0.3 is 15.6 Å². The SMILES string of the molecule is C1CC2CO[C@@H](C1)O2.CC.C[Si](C)(C)OS(=O)(=O)C(F)(F)F.C[Si](C)(C)S[Si](C)(C)C. The van der Waals surface area contributed by atoms with Crippen LogP contribution < -0.4 is 0 Å². The normalized spacial score (nSPS) is 21.6. The molecule has 2 rings (SSSR count). The van der Waals surface area contributed by atoms with Gasteiger partial charge in [0.1, 0.15) is 14.4 Å². The van der Waals surface area contributed by atoms with Crippen molar-refractivity contribution < 1.29 is 34.9 Å². The van der Waals surface area contributed by atoms with Gasteiger partial charge in [-0.2, -0.15) is 21.6 Å². The fourth-order valence-corrected chi connectivity index (χ4v) is 29.5. The van der Waals surface area contributed by atoms with Gasteiger partial charge in [0, 0.05) is 0 Å². The Bertz CT molecular complexity index is 573. The van der Waals surface area contributed by atoms with Crippen LogP contribution >= 0.6 is 10.7 Å². The number of rotatable bonds is 4. The summed E-state index contributed by atoms with van der Waals surface area (Å²) >= 11 is 0. The van der Waals surface area contributed by atoms with E-state index in [1.54, 1.807) is 0 Å². The van der Waals surface area contributed by atoms with Gasteiger partial charge in [-0.1, -0.05) is 53.1 Å². The third-order valence-electron chi connectivity index (χ3n) is 3.03. The molecule has 1 unspecified atom stereocenters. The Morgan fingerprint density at radius 2 is 1.35 bits per heavy atom. The first-order chi connectivity index (χ1) is 13.6. The van der Waals surface area contributed by atoms with E-state index in [-0.39, 0.29) is 6.29 Å². The first-order valence-corrected chi connectivity index (χ1v) is 24.7. The van der Waals surface area contributed by atoms with Gasteiger partial charge in [-0.15, -0.1) is 0 Å². The lowest BCUT2D eigenvalue weighted by Gasteiger charge is -2.25. The molecule has 0 aromatic carbocycles.